The average Bonchev–Trinajstić information content (AvgIpc) is 2.52. The molecule has 116 valence electrons. The molecule has 0 bridgehead atoms. The molecular formula is C16H23NO3S. The lowest BCUT2D eigenvalue weighted by molar-refractivity contribution is -0.131. The van der Waals surface area contributed by atoms with Crippen molar-refractivity contribution in [1.82, 2.24) is 5.32 Å². The third-order valence-corrected chi connectivity index (χ3v) is 3.39. The van der Waals surface area contributed by atoms with Gasteiger partial charge >= 0.3 is 0 Å². The van der Waals surface area contributed by atoms with Gasteiger partial charge in [-0.1, -0.05) is 30.3 Å². The molecule has 4 nitrogen and oxygen atoms in total. The maximum atomic E-state index is 12.1. The number of benzene rings is 1. The maximum Gasteiger partial charge on any atom is 0.188 e. The Labute approximate surface area is 130 Å². The number of carbonyl (C=O) groups is 1. The van der Waals surface area contributed by atoms with Crippen LogP contribution in [0.5, 0.6) is 0 Å². The second-order valence-corrected chi connectivity index (χ2v) is 5.01. The Morgan fingerprint density at radius 2 is 1.86 bits per heavy atom. The molecule has 21 heavy (non-hydrogen) atoms. The quantitative estimate of drug-likeness (QED) is 0.409. The molecule has 0 fully saturated rings. The van der Waals surface area contributed by atoms with E-state index in [-0.39, 0.29) is 12.1 Å². The van der Waals surface area contributed by atoms with Gasteiger partial charge in [0.15, 0.2) is 12.1 Å². The Balaban J connectivity index is 2.61. The molecule has 0 saturated carbocycles. The molecule has 0 aliphatic heterocycles. The number of nitrogens with one attached hydrogen (secondary N) is 1. The first-order chi connectivity index (χ1) is 10.2. The van der Waals surface area contributed by atoms with Gasteiger partial charge in [-0.05, 0) is 20.1 Å². The summed E-state index contributed by atoms with van der Waals surface area (Å²) in [6, 6.07) is 9.21. The molecule has 1 rings (SSSR count). The lowest BCUT2D eigenvalue weighted by atomic mass is 10.1. The highest BCUT2D eigenvalue weighted by Crippen LogP contribution is 2.11. The smallest absolute Gasteiger partial charge is 0.188 e. The van der Waals surface area contributed by atoms with Gasteiger partial charge in [0, 0.05) is 24.9 Å². The van der Waals surface area contributed by atoms with Gasteiger partial charge in [-0.2, -0.15) is 0 Å². The summed E-state index contributed by atoms with van der Waals surface area (Å²) in [5, 5.41) is 3.99. The van der Waals surface area contributed by atoms with E-state index in [2.05, 4.69) is 5.32 Å². The highest BCUT2D eigenvalue weighted by Gasteiger charge is 2.09. The number of hydrogen-bond acceptors (Lipinski definition) is 5. The summed E-state index contributed by atoms with van der Waals surface area (Å²) in [6.45, 7) is 5.55. The molecule has 0 heterocycles. The molecule has 0 unspecified atom stereocenters. The van der Waals surface area contributed by atoms with E-state index >= 15 is 0 Å². The van der Waals surface area contributed by atoms with Crippen LogP contribution in [0.2, 0.25) is 0 Å². The number of rotatable bonds is 10. The van der Waals surface area contributed by atoms with Gasteiger partial charge in [-0.15, -0.1) is 11.8 Å². The first kappa shape index (κ1) is 17.8. The number of thioether (sulfide) groups is 1. The van der Waals surface area contributed by atoms with E-state index in [4.69, 9.17) is 9.47 Å². The Hall–Kier alpha value is -1.30. The number of hydrogen-bond donors (Lipinski definition) is 1. The van der Waals surface area contributed by atoms with Crippen molar-refractivity contribution in [3.05, 3.63) is 47.0 Å². The second-order valence-electron chi connectivity index (χ2n) is 4.16. The molecule has 0 atom stereocenters. The van der Waals surface area contributed by atoms with Crippen LogP contribution >= 0.6 is 11.8 Å². The highest BCUT2D eigenvalue weighted by molar-refractivity contribution is 8.02. The van der Waals surface area contributed by atoms with Crippen LogP contribution in [0.3, 0.4) is 0 Å². The molecule has 0 aliphatic carbocycles. The zero-order valence-electron chi connectivity index (χ0n) is 12.8. The summed E-state index contributed by atoms with van der Waals surface area (Å²) in [5.41, 5.74) is 0.678. The number of allylic oxidation sites excluding steroid dienone is 1. The Kier molecular flexibility index (Phi) is 8.82. The summed E-state index contributed by atoms with van der Waals surface area (Å²) in [6.07, 6.45) is 3.23. The summed E-state index contributed by atoms with van der Waals surface area (Å²) < 4.78 is 10.9. The summed E-state index contributed by atoms with van der Waals surface area (Å²) >= 11 is 1.49. The molecule has 0 saturated heterocycles. The van der Waals surface area contributed by atoms with E-state index in [1.807, 2.05) is 38.3 Å². The fourth-order valence-electron chi connectivity index (χ4n) is 1.71. The zero-order chi connectivity index (χ0) is 15.5. The van der Waals surface area contributed by atoms with Crippen molar-refractivity contribution in [1.29, 1.82) is 0 Å². The predicted octanol–water partition coefficient (Wildman–Crippen LogP) is 3.06. The first-order valence-corrected chi connectivity index (χ1v) is 8.25. The second kappa shape index (κ2) is 10.4. The van der Waals surface area contributed by atoms with Gasteiger partial charge in [0.05, 0.1) is 11.6 Å². The summed E-state index contributed by atoms with van der Waals surface area (Å²) in [7, 11) is 0. The average molecular weight is 309 g/mol. The number of ketones is 1. The van der Waals surface area contributed by atoms with Crippen molar-refractivity contribution in [3.8, 4) is 0 Å². The number of carbonyl (C=O) groups excluding carboxylic acids is 1. The van der Waals surface area contributed by atoms with Crippen LogP contribution < -0.4 is 5.32 Å². The minimum absolute atomic E-state index is 0.0168. The summed E-state index contributed by atoms with van der Waals surface area (Å²) in [4.78, 5) is 12.1. The summed E-state index contributed by atoms with van der Waals surface area (Å²) in [5.74, 6) is -0.0168. The van der Waals surface area contributed by atoms with Gasteiger partial charge in [0.1, 0.15) is 0 Å². The van der Waals surface area contributed by atoms with Crippen LogP contribution in [-0.4, -0.2) is 38.1 Å². The van der Waals surface area contributed by atoms with E-state index in [1.54, 1.807) is 18.2 Å². The van der Waals surface area contributed by atoms with Crippen molar-refractivity contribution in [2.24, 2.45) is 0 Å². The van der Waals surface area contributed by atoms with Crippen LogP contribution in [0.25, 0.3) is 0 Å². The van der Waals surface area contributed by atoms with Gasteiger partial charge < -0.3 is 14.8 Å². The van der Waals surface area contributed by atoms with Gasteiger partial charge in [-0.3, -0.25) is 4.79 Å². The van der Waals surface area contributed by atoms with Crippen LogP contribution in [0.1, 0.15) is 24.2 Å². The lowest BCUT2D eigenvalue weighted by Crippen LogP contribution is -2.30. The largest absolute Gasteiger partial charge is 0.375 e. The minimum Gasteiger partial charge on any atom is -0.375 e. The van der Waals surface area contributed by atoms with Gasteiger partial charge in [0.2, 0.25) is 0 Å². The van der Waals surface area contributed by atoms with E-state index < -0.39 is 0 Å². The molecule has 0 radical (unpaired) electrons. The normalized spacial score (nSPS) is 11.7. The topological polar surface area (TPSA) is 47.6 Å². The van der Waals surface area contributed by atoms with E-state index in [0.29, 0.717) is 25.3 Å². The standard InChI is InChI=1S/C16H23NO3S/c1-4-19-16(20-5-2)12-17-15(21-3)11-14(18)13-9-7-6-8-10-13/h6-11,16-17H,4-5,12H2,1-3H3/b15-11-. The third-order valence-electron chi connectivity index (χ3n) is 2.69. The van der Waals surface area contributed by atoms with Crippen molar-refractivity contribution in [2.75, 3.05) is 26.0 Å². The first-order valence-electron chi connectivity index (χ1n) is 7.03. The van der Waals surface area contributed by atoms with Crippen molar-refractivity contribution >= 4 is 17.5 Å². The molecule has 0 aliphatic rings. The minimum atomic E-state index is -0.303. The molecule has 1 aromatic rings. The van der Waals surface area contributed by atoms with E-state index in [9.17, 15) is 4.79 Å². The van der Waals surface area contributed by atoms with Crippen LogP contribution in [0, 0.1) is 0 Å². The highest BCUT2D eigenvalue weighted by atomic mass is 32.2. The molecule has 0 amide bonds. The SMILES string of the molecule is CCOC(CN/C(=C/C(=O)c1ccccc1)SC)OCC. The van der Waals surface area contributed by atoms with Gasteiger partial charge in [0.25, 0.3) is 0 Å². The van der Waals surface area contributed by atoms with Gasteiger partial charge in [-0.25, -0.2) is 0 Å². The molecular weight excluding hydrogens is 286 g/mol. The zero-order valence-corrected chi connectivity index (χ0v) is 13.6. The third kappa shape index (κ3) is 6.80. The Morgan fingerprint density at radius 1 is 1.24 bits per heavy atom. The van der Waals surface area contributed by atoms with Crippen molar-refractivity contribution in [2.45, 2.75) is 20.1 Å². The van der Waals surface area contributed by atoms with E-state index in [0.717, 1.165) is 5.03 Å². The monoisotopic (exact) mass is 309 g/mol. The Bertz CT molecular complexity index is 442. The lowest BCUT2D eigenvalue weighted by Gasteiger charge is -2.18. The number of ether oxygens (including phenoxy) is 2. The molecule has 0 aromatic heterocycles. The Morgan fingerprint density at radius 3 is 2.38 bits per heavy atom. The van der Waals surface area contributed by atoms with Crippen molar-refractivity contribution < 1.29 is 14.3 Å². The molecule has 5 heteroatoms. The maximum absolute atomic E-state index is 12.1. The fraction of sp³-hybridized carbons (Fsp3) is 0.438. The molecule has 1 N–H and O–H groups in total. The van der Waals surface area contributed by atoms with Crippen LogP contribution in [0.15, 0.2) is 41.4 Å². The van der Waals surface area contributed by atoms with Crippen molar-refractivity contribution in [3.63, 3.8) is 0 Å². The van der Waals surface area contributed by atoms with E-state index in [1.165, 1.54) is 11.8 Å². The van der Waals surface area contributed by atoms with Crippen LogP contribution in [0.4, 0.5) is 0 Å². The molecule has 1 aromatic carbocycles. The fourth-order valence-corrected chi connectivity index (χ4v) is 2.16. The predicted molar refractivity (Wildman–Crippen MR) is 87.4 cm³/mol. The van der Waals surface area contributed by atoms with Crippen LogP contribution in [-0.2, 0) is 9.47 Å². The molecule has 0 spiro atoms.